The molecular weight excluding hydrogens is 284 g/mol. The molecule has 0 fully saturated rings. The molecular formula is C21H24O2. The van der Waals surface area contributed by atoms with Crippen LogP contribution in [0.2, 0.25) is 0 Å². The lowest BCUT2D eigenvalue weighted by molar-refractivity contribution is 0.403. The van der Waals surface area contributed by atoms with Crippen LogP contribution in [0.4, 0.5) is 0 Å². The second-order valence-electron chi connectivity index (χ2n) is 5.54. The zero-order chi connectivity index (χ0) is 16.7. The average molecular weight is 308 g/mol. The van der Waals surface area contributed by atoms with E-state index in [1.54, 1.807) is 12.1 Å². The molecule has 0 atom stereocenters. The van der Waals surface area contributed by atoms with Gasteiger partial charge < -0.3 is 10.2 Å². The lowest BCUT2D eigenvalue weighted by Gasteiger charge is -2.09. The van der Waals surface area contributed by atoms with Crippen molar-refractivity contribution in [3.63, 3.8) is 0 Å². The SMILES string of the molecule is CCC/C=C(/C=C/c1ccc(O)c(O)c1)c1ccccc1CC. The van der Waals surface area contributed by atoms with Crippen molar-refractivity contribution in [1.82, 2.24) is 0 Å². The first kappa shape index (κ1) is 16.9. The Kier molecular flexibility index (Phi) is 6.04. The second-order valence-corrected chi connectivity index (χ2v) is 5.54. The van der Waals surface area contributed by atoms with Gasteiger partial charge in [-0.25, -0.2) is 0 Å². The molecule has 23 heavy (non-hydrogen) atoms. The largest absolute Gasteiger partial charge is 0.504 e. The average Bonchev–Trinajstić information content (AvgIpc) is 2.58. The molecule has 0 aromatic heterocycles. The molecule has 120 valence electrons. The molecule has 2 aromatic carbocycles. The number of benzene rings is 2. The summed E-state index contributed by atoms with van der Waals surface area (Å²) in [5, 5.41) is 19.0. The topological polar surface area (TPSA) is 40.5 Å². The summed E-state index contributed by atoms with van der Waals surface area (Å²) in [4.78, 5) is 0. The number of phenolic OH excluding ortho intramolecular Hbond substituents is 2. The highest BCUT2D eigenvalue weighted by Crippen LogP contribution is 2.27. The number of aryl methyl sites for hydroxylation is 1. The third-order valence-electron chi connectivity index (χ3n) is 3.82. The molecule has 0 heterocycles. The minimum absolute atomic E-state index is 0.0970. The van der Waals surface area contributed by atoms with E-state index < -0.39 is 0 Å². The summed E-state index contributed by atoms with van der Waals surface area (Å²) >= 11 is 0. The molecule has 0 saturated carbocycles. The Labute approximate surface area is 138 Å². The van der Waals surface area contributed by atoms with Gasteiger partial charge in [0.1, 0.15) is 0 Å². The van der Waals surface area contributed by atoms with Gasteiger partial charge in [0.25, 0.3) is 0 Å². The van der Waals surface area contributed by atoms with Crippen LogP contribution in [0.25, 0.3) is 11.6 Å². The highest BCUT2D eigenvalue weighted by Gasteiger charge is 2.04. The van der Waals surface area contributed by atoms with Crippen LogP contribution in [-0.2, 0) is 6.42 Å². The second kappa shape index (κ2) is 8.23. The minimum atomic E-state index is -0.0970. The molecule has 0 radical (unpaired) electrons. The van der Waals surface area contributed by atoms with E-state index in [9.17, 15) is 10.2 Å². The molecule has 0 spiro atoms. The molecule has 0 aliphatic carbocycles. The number of hydrogen-bond donors (Lipinski definition) is 2. The monoisotopic (exact) mass is 308 g/mol. The predicted octanol–water partition coefficient (Wildman–Crippen LogP) is 5.56. The predicted molar refractivity (Wildman–Crippen MR) is 97.5 cm³/mol. The van der Waals surface area contributed by atoms with Crippen molar-refractivity contribution in [2.24, 2.45) is 0 Å². The number of hydrogen-bond acceptors (Lipinski definition) is 2. The molecule has 0 unspecified atom stereocenters. The summed E-state index contributed by atoms with van der Waals surface area (Å²) in [7, 11) is 0. The Morgan fingerprint density at radius 3 is 2.48 bits per heavy atom. The van der Waals surface area contributed by atoms with E-state index in [-0.39, 0.29) is 11.5 Å². The van der Waals surface area contributed by atoms with Crippen LogP contribution in [0.3, 0.4) is 0 Å². The van der Waals surface area contributed by atoms with Gasteiger partial charge in [-0.15, -0.1) is 0 Å². The Morgan fingerprint density at radius 2 is 1.78 bits per heavy atom. The fourth-order valence-corrected chi connectivity index (χ4v) is 2.51. The molecule has 2 nitrogen and oxygen atoms in total. The van der Waals surface area contributed by atoms with Gasteiger partial charge in [0, 0.05) is 0 Å². The fourth-order valence-electron chi connectivity index (χ4n) is 2.51. The lowest BCUT2D eigenvalue weighted by atomic mass is 9.96. The zero-order valence-electron chi connectivity index (χ0n) is 13.8. The fraction of sp³-hybridized carbons (Fsp3) is 0.238. The maximum absolute atomic E-state index is 9.61. The van der Waals surface area contributed by atoms with Gasteiger partial charge in [-0.2, -0.15) is 0 Å². The molecule has 2 heteroatoms. The smallest absolute Gasteiger partial charge is 0.157 e. The van der Waals surface area contributed by atoms with Crippen molar-refractivity contribution >= 4 is 11.6 Å². The van der Waals surface area contributed by atoms with Crippen LogP contribution in [-0.4, -0.2) is 10.2 Å². The van der Waals surface area contributed by atoms with Crippen molar-refractivity contribution in [2.45, 2.75) is 33.1 Å². The first-order chi connectivity index (χ1) is 11.2. The van der Waals surface area contributed by atoms with Crippen LogP contribution >= 0.6 is 0 Å². The maximum Gasteiger partial charge on any atom is 0.157 e. The zero-order valence-corrected chi connectivity index (χ0v) is 13.8. The number of rotatable bonds is 6. The standard InChI is InChI=1S/C21H24O2/c1-3-5-8-18(19-10-7-6-9-17(19)4-2)13-11-16-12-14-20(22)21(23)15-16/h6-15,22-23H,3-5H2,1-2H3/b13-11+,18-8-. The summed E-state index contributed by atoms with van der Waals surface area (Å²) in [6.45, 7) is 4.33. The quantitative estimate of drug-likeness (QED) is 0.542. The van der Waals surface area contributed by atoms with Crippen molar-refractivity contribution in [3.05, 3.63) is 71.3 Å². The summed E-state index contributed by atoms with van der Waals surface area (Å²) in [5.41, 5.74) is 4.63. The number of aromatic hydroxyl groups is 2. The van der Waals surface area contributed by atoms with Crippen LogP contribution < -0.4 is 0 Å². The summed E-state index contributed by atoms with van der Waals surface area (Å²) in [6, 6.07) is 13.3. The summed E-state index contributed by atoms with van der Waals surface area (Å²) in [5.74, 6) is -0.194. The van der Waals surface area contributed by atoms with Crippen LogP contribution in [0.5, 0.6) is 11.5 Å². The van der Waals surface area contributed by atoms with Gasteiger partial charge in [-0.05, 0) is 47.2 Å². The Bertz CT molecular complexity index is 712. The van der Waals surface area contributed by atoms with Crippen molar-refractivity contribution < 1.29 is 10.2 Å². The van der Waals surface area contributed by atoms with E-state index in [0.717, 1.165) is 24.8 Å². The van der Waals surface area contributed by atoms with E-state index in [1.807, 2.05) is 6.08 Å². The number of unbranched alkanes of at least 4 members (excludes halogenated alkanes) is 1. The molecule has 0 saturated heterocycles. The highest BCUT2D eigenvalue weighted by molar-refractivity contribution is 5.80. The molecule has 2 N–H and O–H groups in total. The van der Waals surface area contributed by atoms with Crippen LogP contribution in [0.15, 0.2) is 54.6 Å². The van der Waals surface area contributed by atoms with Gasteiger partial charge in [0.2, 0.25) is 0 Å². The highest BCUT2D eigenvalue weighted by atomic mass is 16.3. The van der Waals surface area contributed by atoms with E-state index in [1.165, 1.54) is 22.8 Å². The maximum atomic E-state index is 9.61. The van der Waals surface area contributed by atoms with Gasteiger partial charge in [0.05, 0.1) is 0 Å². The molecule has 0 bridgehead atoms. The Hall–Kier alpha value is -2.48. The molecule has 0 aliphatic heterocycles. The van der Waals surface area contributed by atoms with E-state index in [2.05, 4.69) is 50.3 Å². The molecule has 0 aliphatic rings. The molecule has 0 amide bonds. The minimum Gasteiger partial charge on any atom is -0.504 e. The van der Waals surface area contributed by atoms with Crippen molar-refractivity contribution in [3.8, 4) is 11.5 Å². The summed E-state index contributed by atoms with van der Waals surface area (Å²) < 4.78 is 0. The molecule has 2 rings (SSSR count). The van der Waals surface area contributed by atoms with E-state index in [0.29, 0.717) is 0 Å². The third-order valence-corrected chi connectivity index (χ3v) is 3.82. The van der Waals surface area contributed by atoms with Crippen molar-refractivity contribution in [2.75, 3.05) is 0 Å². The first-order valence-electron chi connectivity index (χ1n) is 8.14. The van der Waals surface area contributed by atoms with Gasteiger partial charge in [-0.1, -0.05) is 68.8 Å². The Balaban J connectivity index is 2.35. The van der Waals surface area contributed by atoms with E-state index in [4.69, 9.17) is 0 Å². The van der Waals surface area contributed by atoms with Gasteiger partial charge >= 0.3 is 0 Å². The first-order valence-corrected chi connectivity index (χ1v) is 8.14. The Morgan fingerprint density at radius 1 is 1.00 bits per heavy atom. The van der Waals surface area contributed by atoms with Crippen LogP contribution in [0.1, 0.15) is 43.4 Å². The van der Waals surface area contributed by atoms with Crippen LogP contribution in [0, 0.1) is 0 Å². The van der Waals surface area contributed by atoms with E-state index >= 15 is 0 Å². The van der Waals surface area contributed by atoms with Gasteiger partial charge in [-0.3, -0.25) is 0 Å². The lowest BCUT2D eigenvalue weighted by Crippen LogP contribution is -1.90. The van der Waals surface area contributed by atoms with Crippen molar-refractivity contribution in [1.29, 1.82) is 0 Å². The van der Waals surface area contributed by atoms with Gasteiger partial charge in [0.15, 0.2) is 11.5 Å². The number of allylic oxidation sites excluding steroid dienone is 3. The third kappa shape index (κ3) is 4.49. The normalized spacial score (nSPS) is 12.0. The molecule has 2 aromatic rings. The summed E-state index contributed by atoms with van der Waals surface area (Å²) in [6.07, 6.45) is 9.42. The number of phenols is 2.